The van der Waals surface area contributed by atoms with Gasteiger partial charge in [-0.25, -0.2) is 4.79 Å². The van der Waals surface area contributed by atoms with Crippen LogP contribution in [0.4, 0.5) is 4.79 Å². The fourth-order valence-corrected chi connectivity index (χ4v) is 2.78. The van der Waals surface area contributed by atoms with E-state index in [0.29, 0.717) is 19.6 Å². The zero-order valence-electron chi connectivity index (χ0n) is 13.6. The van der Waals surface area contributed by atoms with Crippen molar-refractivity contribution in [2.24, 2.45) is 0 Å². The van der Waals surface area contributed by atoms with E-state index in [9.17, 15) is 9.90 Å². The molecule has 0 radical (unpaired) electrons. The molecule has 0 aromatic heterocycles. The average Bonchev–Trinajstić information content (AvgIpc) is 2.41. The molecule has 0 aliphatic rings. The number of rotatable bonds is 6. The van der Waals surface area contributed by atoms with Gasteiger partial charge in [-0.3, -0.25) is 0 Å². The largest absolute Gasteiger partial charge is 0.389 e. The van der Waals surface area contributed by atoms with E-state index in [4.69, 9.17) is 0 Å². The van der Waals surface area contributed by atoms with Crippen LogP contribution >= 0.6 is 11.8 Å². The third-order valence-corrected chi connectivity index (χ3v) is 3.94. The van der Waals surface area contributed by atoms with E-state index in [1.54, 1.807) is 30.5 Å². The molecule has 0 spiro atoms. The van der Waals surface area contributed by atoms with Gasteiger partial charge in [0.2, 0.25) is 0 Å². The van der Waals surface area contributed by atoms with Crippen LogP contribution in [0.2, 0.25) is 0 Å². The second-order valence-corrected chi connectivity index (χ2v) is 6.65. The van der Waals surface area contributed by atoms with Gasteiger partial charge in [0.25, 0.3) is 0 Å². The van der Waals surface area contributed by atoms with Crippen molar-refractivity contribution in [2.45, 2.75) is 44.7 Å². The van der Waals surface area contributed by atoms with Crippen LogP contribution in [-0.2, 0) is 6.54 Å². The van der Waals surface area contributed by atoms with Crippen LogP contribution < -0.4 is 5.32 Å². The average molecular weight is 310 g/mol. The number of aryl methyl sites for hydroxylation is 1. The van der Waals surface area contributed by atoms with Crippen molar-refractivity contribution in [3.05, 3.63) is 29.3 Å². The molecule has 21 heavy (non-hydrogen) atoms. The van der Waals surface area contributed by atoms with Gasteiger partial charge in [0.05, 0.1) is 12.1 Å². The molecule has 5 heteroatoms. The summed E-state index contributed by atoms with van der Waals surface area (Å²) in [4.78, 5) is 15.0. The number of hydrogen-bond acceptors (Lipinski definition) is 3. The predicted octanol–water partition coefficient (Wildman–Crippen LogP) is 3.02. The van der Waals surface area contributed by atoms with E-state index in [0.717, 1.165) is 5.56 Å². The Morgan fingerprint density at radius 3 is 2.62 bits per heavy atom. The summed E-state index contributed by atoms with van der Waals surface area (Å²) in [6.07, 6.45) is 2.03. The Morgan fingerprint density at radius 2 is 2.10 bits per heavy atom. The van der Waals surface area contributed by atoms with Gasteiger partial charge in [0, 0.05) is 18.0 Å². The van der Waals surface area contributed by atoms with Crippen molar-refractivity contribution in [3.63, 3.8) is 0 Å². The van der Waals surface area contributed by atoms with Crippen LogP contribution in [0, 0.1) is 6.92 Å². The van der Waals surface area contributed by atoms with E-state index in [1.165, 1.54) is 10.5 Å². The van der Waals surface area contributed by atoms with Gasteiger partial charge in [0.15, 0.2) is 0 Å². The summed E-state index contributed by atoms with van der Waals surface area (Å²) in [5, 5.41) is 12.8. The number of thioether (sulfide) groups is 1. The Hall–Kier alpha value is -1.20. The molecule has 1 aromatic carbocycles. The molecule has 1 rings (SSSR count). The maximum Gasteiger partial charge on any atom is 0.317 e. The van der Waals surface area contributed by atoms with E-state index in [2.05, 4.69) is 24.4 Å². The predicted molar refractivity (Wildman–Crippen MR) is 88.7 cm³/mol. The number of aliphatic hydroxyl groups is 1. The highest BCUT2D eigenvalue weighted by molar-refractivity contribution is 7.98. The van der Waals surface area contributed by atoms with Gasteiger partial charge in [-0.15, -0.1) is 11.8 Å². The molecule has 1 aromatic rings. The Bertz CT molecular complexity index is 484. The third-order valence-electron chi connectivity index (χ3n) is 3.12. The number of nitrogens with zero attached hydrogens (tertiary/aromatic N) is 1. The second-order valence-electron chi connectivity index (χ2n) is 5.80. The van der Waals surface area contributed by atoms with Crippen LogP contribution in [0.3, 0.4) is 0 Å². The maximum absolute atomic E-state index is 12.2. The lowest BCUT2D eigenvalue weighted by molar-refractivity contribution is 0.0479. The molecule has 0 bridgehead atoms. The number of hydrogen-bond donors (Lipinski definition) is 2. The number of nitrogens with one attached hydrogen (secondary N) is 1. The van der Waals surface area contributed by atoms with Gasteiger partial charge >= 0.3 is 6.03 Å². The van der Waals surface area contributed by atoms with E-state index in [-0.39, 0.29) is 6.03 Å². The van der Waals surface area contributed by atoms with Crippen LogP contribution in [0.5, 0.6) is 0 Å². The minimum atomic E-state index is -0.887. The number of carbonyl (C=O) groups is 1. The van der Waals surface area contributed by atoms with Gasteiger partial charge < -0.3 is 15.3 Å². The fourth-order valence-electron chi connectivity index (χ4n) is 2.07. The SMILES string of the molecule is CCN(CC(C)(C)O)C(=O)NCc1ccc(C)cc1SC. The molecular weight excluding hydrogens is 284 g/mol. The third kappa shape index (κ3) is 5.98. The first kappa shape index (κ1) is 17.9. The highest BCUT2D eigenvalue weighted by atomic mass is 32.2. The van der Waals surface area contributed by atoms with Crippen molar-refractivity contribution in [1.29, 1.82) is 0 Å². The van der Waals surface area contributed by atoms with Crippen LogP contribution in [0.15, 0.2) is 23.1 Å². The topological polar surface area (TPSA) is 52.6 Å². The molecule has 4 nitrogen and oxygen atoms in total. The molecule has 0 atom stereocenters. The molecule has 2 N–H and O–H groups in total. The Balaban J connectivity index is 2.67. The number of benzene rings is 1. The minimum absolute atomic E-state index is 0.146. The zero-order chi connectivity index (χ0) is 16.0. The molecule has 0 unspecified atom stereocenters. The summed E-state index contributed by atoms with van der Waals surface area (Å²) in [6, 6.07) is 6.08. The van der Waals surface area contributed by atoms with Crippen molar-refractivity contribution < 1.29 is 9.90 Å². The normalized spacial score (nSPS) is 11.3. The monoisotopic (exact) mass is 310 g/mol. The lowest BCUT2D eigenvalue weighted by Gasteiger charge is -2.28. The van der Waals surface area contributed by atoms with Crippen molar-refractivity contribution in [1.82, 2.24) is 10.2 Å². The maximum atomic E-state index is 12.2. The van der Waals surface area contributed by atoms with Crippen molar-refractivity contribution >= 4 is 17.8 Å². The summed E-state index contributed by atoms with van der Waals surface area (Å²) < 4.78 is 0. The van der Waals surface area contributed by atoms with Crippen LogP contribution in [-0.4, -0.2) is 41.0 Å². The number of likely N-dealkylation sites (N-methyl/N-ethyl adjacent to an activating group) is 1. The Kier molecular flexibility index (Phi) is 6.55. The Labute approximate surface area is 131 Å². The molecule has 0 fully saturated rings. The van der Waals surface area contributed by atoms with Gasteiger partial charge in [-0.1, -0.05) is 12.1 Å². The lowest BCUT2D eigenvalue weighted by Crippen LogP contribution is -2.46. The van der Waals surface area contributed by atoms with Gasteiger partial charge in [0.1, 0.15) is 0 Å². The van der Waals surface area contributed by atoms with E-state index in [1.807, 2.05) is 19.2 Å². The number of amides is 2. The molecule has 0 saturated carbocycles. The summed E-state index contributed by atoms with van der Waals surface area (Å²) in [5.74, 6) is 0. The standard InChI is InChI=1S/C16H26N2O2S/c1-6-18(11-16(3,4)20)15(19)17-10-13-8-7-12(2)9-14(13)21-5/h7-9,20H,6,10-11H2,1-5H3,(H,17,19). The second kappa shape index (κ2) is 7.71. The first-order chi connectivity index (χ1) is 9.76. The Morgan fingerprint density at radius 1 is 1.43 bits per heavy atom. The smallest absolute Gasteiger partial charge is 0.317 e. The fraction of sp³-hybridized carbons (Fsp3) is 0.562. The minimum Gasteiger partial charge on any atom is -0.389 e. The molecule has 0 heterocycles. The number of carbonyl (C=O) groups excluding carboxylic acids is 1. The molecule has 0 saturated heterocycles. The highest BCUT2D eigenvalue weighted by Gasteiger charge is 2.21. The zero-order valence-corrected chi connectivity index (χ0v) is 14.4. The summed E-state index contributed by atoms with van der Waals surface area (Å²) in [7, 11) is 0. The van der Waals surface area contributed by atoms with Crippen LogP contribution in [0.1, 0.15) is 31.9 Å². The molecule has 0 aliphatic heterocycles. The van der Waals surface area contributed by atoms with E-state index >= 15 is 0 Å². The van der Waals surface area contributed by atoms with Crippen LogP contribution in [0.25, 0.3) is 0 Å². The van der Waals surface area contributed by atoms with Crippen molar-refractivity contribution in [3.8, 4) is 0 Å². The summed E-state index contributed by atoms with van der Waals surface area (Å²) in [5.41, 5.74) is 1.44. The van der Waals surface area contributed by atoms with Gasteiger partial charge in [-0.05, 0) is 51.1 Å². The van der Waals surface area contributed by atoms with Gasteiger partial charge in [-0.2, -0.15) is 0 Å². The molecule has 118 valence electrons. The van der Waals surface area contributed by atoms with E-state index < -0.39 is 5.60 Å². The summed E-state index contributed by atoms with van der Waals surface area (Å²) in [6.45, 7) is 8.76. The summed E-state index contributed by atoms with van der Waals surface area (Å²) >= 11 is 1.68. The molecular formula is C16H26N2O2S. The molecule has 2 amide bonds. The van der Waals surface area contributed by atoms with Crippen molar-refractivity contribution in [2.75, 3.05) is 19.3 Å². The first-order valence-electron chi connectivity index (χ1n) is 7.15. The molecule has 0 aliphatic carbocycles. The lowest BCUT2D eigenvalue weighted by atomic mass is 10.1. The highest BCUT2D eigenvalue weighted by Crippen LogP contribution is 2.21. The quantitative estimate of drug-likeness (QED) is 0.794. The first-order valence-corrected chi connectivity index (χ1v) is 8.38. The number of urea groups is 1.